The van der Waals surface area contributed by atoms with Gasteiger partial charge in [-0.3, -0.25) is 19.0 Å². The fourth-order valence-electron chi connectivity index (χ4n) is 4.27. The minimum Gasteiger partial charge on any atom is -0.295 e. The van der Waals surface area contributed by atoms with Gasteiger partial charge in [0.2, 0.25) is 0 Å². The Hall–Kier alpha value is -2.21. The summed E-state index contributed by atoms with van der Waals surface area (Å²) in [4.78, 5) is 22.2. The lowest BCUT2D eigenvalue weighted by Crippen LogP contribution is -2.38. The van der Waals surface area contributed by atoms with Crippen molar-refractivity contribution in [2.45, 2.75) is 38.9 Å². The van der Waals surface area contributed by atoms with Crippen molar-refractivity contribution in [3.8, 4) is 0 Å². The summed E-state index contributed by atoms with van der Waals surface area (Å²) in [5.41, 5.74) is 2.72. The van der Waals surface area contributed by atoms with E-state index in [0.717, 1.165) is 31.7 Å². The summed E-state index contributed by atoms with van der Waals surface area (Å²) in [5.74, 6) is 0. The first-order chi connectivity index (χ1) is 14.0. The van der Waals surface area contributed by atoms with Gasteiger partial charge in [0.25, 0.3) is 5.56 Å². The Morgan fingerprint density at radius 3 is 2.79 bits per heavy atom. The highest BCUT2D eigenvalue weighted by molar-refractivity contribution is 6.30. The lowest BCUT2D eigenvalue weighted by atomic mass is 10.1. The van der Waals surface area contributed by atoms with Crippen molar-refractivity contribution in [1.82, 2.24) is 19.2 Å². The molecule has 2 aromatic heterocycles. The van der Waals surface area contributed by atoms with Crippen molar-refractivity contribution < 1.29 is 0 Å². The molecule has 0 radical (unpaired) electrons. The highest BCUT2D eigenvalue weighted by Gasteiger charge is 2.30. The summed E-state index contributed by atoms with van der Waals surface area (Å²) in [6.45, 7) is 8.19. The van der Waals surface area contributed by atoms with E-state index in [9.17, 15) is 4.79 Å². The molecule has 29 heavy (non-hydrogen) atoms. The van der Waals surface area contributed by atoms with Gasteiger partial charge in [-0.05, 0) is 37.6 Å². The molecule has 152 valence electrons. The van der Waals surface area contributed by atoms with Crippen molar-refractivity contribution in [2.75, 3.05) is 19.6 Å². The number of likely N-dealkylation sites (tertiary alicyclic amines) is 1. The van der Waals surface area contributed by atoms with Crippen molar-refractivity contribution in [3.05, 3.63) is 81.4 Å². The first kappa shape index (κ1) is 20.1. The molecule has 1 aliphatic rings. The molecule has 0 saturated carbocycles. The Kier molecular flexibility index (Phi) is 5.99. The van der Waals surface area contributed by atoms with Crippen molar-refractivity contribution in [1.29, 1.82) is 0 Å². The first-order valence-corrected chi connectivity index (χ1v) is 10.6. The Balaban J connectivity index is 1.48. The highest BCUT2D eigenvalue weighted by atomic mass is 35.5. The van der Waals surface area contributed by atoms with Gasteiger partial charge < -0.3 is 0 Å². The van der Waals surface area contributed by atoms with Gasteiger partial charge >= 0.3 is 0 Å². The summed E-state index contributed by atoms with van der Waals surface area (Å²) < 4.78 is 1.50. The number of benzene rings is 1. The van der Waals surface area contributed by atoms with Crippen molar-refractivity contribution in [3.63, 3.8) is 0 Å². The quantitative estimate of drug-likeness (QED) is 0.615. The Morgan fingerprint density at radius 1 is 1.24 bits per heavy atom. The van der Waals surface area contributed by atoms with E-state index >= 15 is 0 Å². The van der Waals surface area contributed by atoms with Gasteiger partial charge in [-0.15, -0.1) is 0 Å². The number of rotatable bonds is 6. The smallest absolute Gasteiger partial charge is 0.258 e. The Labute approximate surface area is 176 Å². The number of likely N-dealkylation sites (N-methyl/N-ethyl adjacent to an activating group) is 1. The zero-order valence-corrected chi connectivity index (χ0v) is 17.7. The molecule has 0 spiro atoms. The molecule has 2 unspecified atom stereocenters. The van der Waals surface area contributed by atoms with Gasteiger partial charge in [-0.25, -0.2) is 4.98 Å². The molecule has 0 bridgehead atoms. The molecule has 3 heterocycles. The van der Waals surface area contributed by atoms with E-state index in [1.807, 2.05) is 0 Å². The lowest BCUT2D eigenvalue weighted by Gasteiger charge is -2.29. The first-order valence-electron chi connectivity index (χ1n) is 10.3. The molecule has 1 aromatic carbocycles. The molecule has 0 N–H and O–H groups in total. The zero-order chi connectivity index (χ0) is 20.4. The number of hydrogen-bond donors (Lipinski definition) is 0. The number of hydrogen-bond acceptors (Lipinski definition) is 4. The second-order valence-electron chi connectivity index (χ2n) is 7.75. The van der Waals surface area contributed by atoms with Gasteiger partial charge in [-0.2, -0.15) is 0 Å². The van der Waals surface area contributed by atoms with Crippen LogP contribution in [0.5, 0.6) is 0 Å². The number of nitrogens with zero attached hydrogens (tertiary/aromatic N) is 4. The minimum absolute atomic E-state index is 0.0886. The predicted molar refractivity (Wildman–Crippen MR) is 117 cm³/mol. The van der Waals surface area contributed by atoms with Crippen LogP contribution < -0.4 is 5.56 Å². The summed E-state index contributed by atoms with van der Waals surface area (Å²) in [6.07, 6.45) is 2.75. The Bertz CT molecular complexity index is 1040. The Morgan fingerprint density at radius 2 is 2.03 bits per heavy atom. The molecule has 5 nitrogen and oxygen atoms in total. The van der Waals surface area contributed by atoms with Crippen LogP contribution in [0.2, 0.25) is 5.02 Å². The molecule has 0 aliphatic carbocycles. The third-order valence-electron chi connectivity index (χ3n) is 5.99. The predicted octanol–water partition coefficient (Wildman–Crippen LogP) is 4.01. The maximum Gasteiger partial charge on any atom is 0.258 e. The van der Waals surface area contributed by atoms with Crippen molar-refractivity contribution >= 4 is 17.2 Å². The molecular formula is C23H27ClN4O. The third kappa shape index (κ3) is 4.37. The van der Waals surface area contributed by atoms with Gasteiger partial charge in [-0.1, -0.05) is 48.9 Å². The van der Waals surface area contributed by atoms with Gasteiger partial charge in [0.15, 0.2) is 0 Å². The summed E-state index contributed by atoms with van der Waals surface area (Å²) in [5, 5.41) is 0.530. The maximum atomic E-state index is 12.5. The number of aromatic nitrogens is 2. The number of halogens is 1. The molecule has 1 saturated heterocycles. The molecule has 1 aliphatic heterocycles. The second kappa shape index (κ2) is 8.66. The number of pyridine rings is 1. The second-order valence-corrected chi connectivity index (χ2v) is 8.18. The van der Waals surface area contributed by atoms with Crippen LogP contribution >= 0.6 is 11.6 Å². The summed E-state index contributed by atoms with van der Waals surface area (Å²) >= 11 is 6.01. The van der Waals surface area contributed by atoms with E-state index in [2.05, 4.69) is 59.0 Å². The average molecular weight is 411 g/mol. The minimum atomic E-state index is -0.0886. The molecule has 6 heteroatoms. The molecule has 4 rings (SSSR count). The maximum absolute atomic E-state index is 12.5. The average Bonchev–Trinajstić information content (AvgIpc) is 3.22. The normalized spacial score (nSPS) is 18.6. The molecule has 2 atom stereocenters. The topological polar surface area (TPSA) is 40.9 Å². The van der Waals surface area contributed by atoms with Crippen LogP contribution in [0.4, 0.5) is 0 Å². The lowest BCUT2D eigenvalue weighted by molar-refractivity contribution is 0.178. The van der Waals surface area contributed by atoms with E-state index in [4.69, 9.17) is 11.6 Å². The van der Waals surface area contributed by atoms with E-state index in [-0.39, 0.29) is 5.56 Å². The molecule has 0 amide bonds. The van der Waals surface area contributed by atoms with Crippen LogP contribution in [0.3, 0.4) is 0 Å². The molecule has 1 fully saturated rings. The van der Waals surface area contributed by atoms with E-state index < -0.39 is 0 Å². The molecule has 3 aromatic rings. The van der Waals surface area contributed by atoms with Crippen LogP contribution in [0.25, 0.3) is 5.65 Å². The standard InChI is InChI=1S/C23H27ClN4O/c1-3-26(15-20-13-23(29)28-14-19(24)9-10-22(28)25-20)21-11-12-27(16-21)17(2)18-7-5-4-6-8-18/h4-10,13-14,17,21H,3,11-12,15-16H2,1-2H3. The molecular weight excluding hydrogens is 384 g/mol. The SMILES string of the molecule is CCN(Cc1cc(=O)n2cc(Cl)ccc2n1)C1CCN(C(C)c2ccccc2)C1. The third-order valence-corrected chi connectivity index (χ3v) is 6.21. The van der Waals surface area contributed by atoms with Gasteiger partial charge in [0.1, 0.15) is 5.65 Å². The zero-order valence-electron chi connectivity index (χ0n) is 17.0. The van der Waals surface area contributed by atoms with Crippen LogP contribution in [-0.4, -0.2) is 44.9 Å². The van der Waals surface area contributed by atoms with E-state index in [0.29, 0.717) is 29.3 Å². The van der Waals surface area contributed by atoms with Gasteiger partial charge in [0, 0.05) is 44.0 Å². The number of fused-ring (bicyclic) bond motifs is 1. The fraction of sp³-hybridized carbons (Fsp3) is 0.391. The largest absolute Gasteiger partial charge is 0.295 e. The summed E-state index contributed by atoms with van der Waals surface area (Å²) in [7, 11) is 0. The van der Waals surface area contributed by atoms with Crippen LogP contribution in [0.1, 0.15) is 37.6 Å². The fourth-order valence-corrected chi connectivity index (χ4v) is 4.44. The monoisotopic (exact) mass is 410 g/mol. The van der Waals surface area contributed by atoms with Crippen molar-refractivity contribution in [2.24, 2.45) is 0 Å². The van der Waals surface area contributed by atoms with Gasteiger partial charge in [0.05, 0.1) is 10.7 Å². The van der Waals surface area contributed by atoms with E-state index in [1.165, 1.54) is 9.96 Å². The van der Waals surface area contributed by atoms with Crippen LogP contribution in [-0.2, 0) is 6.54 Å². The summed E-state index contributed by atoms with van der Waals surface area (Å²) in [6, 6.07) is 16.8. The van der Waals surface area contributed by atoms with E-state index in [1.54, 1.807) is 24.4 Å². The highest BCUT2D eigenvalue weighted by Crippen LogP contribution is 2.27. The van der Waals surface area contributed by atoms with Crippen LogP contribution in [0.15, 0.2) is 59.5 Å². The van der Waals surface area contributed by atoms with Crippen LogP contribution in [0, 0.1) is 0 Å².